The molecule has 0 radical (unpaired) electrons. The van der Waals surface area contributed by atoms with E-state index in [-0.39, 0.29) is 0 Å². The van der Waals surface area contributed by atoms with Gasteiger partial charge in [0, 0.05) is 30.2 Å². The second-order valence-electron chi connectivity index (χ2n) is 3.96. The van der Waals surface area contributed by atoms with Crippen LogP contribution in [0.2, 0.25) is 0 Å². The number of rotatable bonds is 6. The van der Waals surface area contributed by atoms with Crippen molar-refractivity contribution in [3.63, 3.8) is 0 Å². The molecule has 3 heteroatoms. The molecule has 0 saturated carbocycles. The minimum absolute atomic E-state index is 1.02. The zero-order valence-corrected chi connectivity index (χ0v) is 9.72. The van der Waals surface area contributed by atoms with Crippen molar-refractivity contribution in [2.45, 2.75) is 6.42 Å². The summed E-state index contributed by atoms with van der Waals surface area (Å²) in [5.41, 5.74) is 2.63. The Morgan fingerprint density at radius 1 is 1.12 bits per heavy atom. The molecule has 0 fully saturated rings. The molecule has 0 aliphatic rings. The third kappa shape index (κ3) is 2.62. The van der Waals surface area contributed by atoms with Crippen molar-refractivity contribution >= 4 is 10.9 Å². The van der Waals surface area contributed by atoms with Gasteiger partial charge in [0.1, 0.15) is 0 Å². The molecule has 16 heavy (non-hydrogen) atoms. The van der Waals surface area contributed by atoms with Gasteiger partial charge in [-0.2, -0.15) is 0 Å². The monoisotopic (exact) mass is 217 g/mol. The highest BCUT2D eigenvalue weighted by Crippen LogP contribution is 2.17. The molecule has 1 heterocycles. The first-order chi connectivity index (χ1) is 7.92. The molecule has 0 aliphatic carbocycles. The third-order valence-electron chi connectivity index (χ3n) is 2.80. The quantitative estimate of drug-likeness (QED) is 0.642. The largest absolute Gasteiger partial charge is 0.361 e. The summed E-state index contributed by atoms with van der Waals surface area (Å²) in [6.45, 7) is 3.08. The van der Waals surface area contributed by atoms with Crippen LogP contribution >= 0.6 is 0 Å². The molecule has 0 bridgehead atoms. The smallest absolute Gasteiger partial charge is 0.0456 e. The van der Waals surface area contributed by atoms with Gasteiger partial charge in [-0.25, -0.2) is 0 Å². The predicted octanol–water partition coefficient (Wildman–Crippen LogP) is 1.52. The minimum Gasteiger partial charge on any atom is -0.361 e. The van der Waals surface area contributed by atoms with Crippen molar-refractivity contribution in [3.05, 3.63) is 36.0 Å². The van der Waals surface area contributed by atoms with Gasteiger partial charge < -0.3 is 15.6 Å². The van der Waals surface area contributed by atoms with E-state index in [9.17, 15) is 0 Å². The van der Waals surface area contributed by atoms with Crippen molar-refractivity contribution in [1.82, 2.24) is 15.6 Å². The fraction of sp³-hybridized carbons (Fsp3) is 0.385. The zero-order chi connectivity index (χ0) is 11.2. The van der Waals surface area contributed by atoms with Crippen LogP contribution in [0.25, 0.3) is 10.9 Å². The van der Waals surface area contributed by atoms with E-state index in [1.807, 2.05) is 7.05 Å². The Hall–Kier alpha value is -1.32. The zero-order valence-electron chi connectivity index (χ0n) is 9.72. The van der Waals surface area contributed by atoms with E-state index in [1.165, 1.54) is 16.5 Å². The van der Waals surface area contributed by atoms with E-state index in [1.54, 1.807) is 0 Å². The molecule has 0 spiro atoms. The molecule has 3 N–H and O–H groups in total. The second kappa shape index (κ2) is 5.68. The van der Waals surface area contributed by atoms with Gasteiger partial charge in [-0.1, -0.05) is 18.2 Å². The number of hydrogen-bond acceptors (Lipinski definition) is 2. The molecular weight excluding hydrogens is 198 g/mol. The first-order valence-electron chi connectivity index (χ1n) is 5.82. The van der Waals surface area contributed by atoms with E-state index >= 15 is 0 Å². The van der Waals surface area contributed by atoms with Gasteiger partial charge >= 0.3 is 0 Å². The molecule has 1 aromatic carbocycles. The van der Waals surface area contributed by atoms with Crippen LogP contribution in [0.4, 0.5) is 0 Å². The number of benzene rings is 1. The Labute approximate surface area is 96.2 Å². The van der Waals surface area contributed by atoms with Crippen LogP contribution < -0.4 is 10.6 Å². The van der Waals surface area contributed by atoms with Crippen LogP contribution in [-0.2, 0) is 6.42 Å². The van der Waals surface area contributed by atoms with E-state index in [4.69, 9.17) is 0 Å². The number of aromatic nitrogens is 1. The van der Waals surface area contributed by atoms with Gasteiger partial charge in [-0.15, -0.1) is 0 Å². The highest BCUT2D eigenvalue weighted by molar-refractivity contribution is 5.83. The lowest BCUT2D eigenvalue weighted by Gasteiger charge is -2.03. The van der Waals surface area contributed by atoms with Crippen molar-refractivity contribution in [3.8, 4) is 0 Å². The maximum Gasteiger partial charge on any atom is 0.0456 e. The molecule has 1 aromatic heterocycles. The van der Waals surface area contributed by atoms with Gasteiger partial charge in [0.15, 0.2) is 0 Å². The van der Waals surface area contributed by atoms with Gasteiger partial charge in [-0.05, 0) is 31.6 Å². The summed E-state index contributed by atoms with van der Waals surface area (Å²) in [4.78, 5) is 3.30. The highest BCUT2D eigenvalue weighted by Gasteiger charge is 2.01. The Balaban J connectivity index is 1.89. The van der Waals surface area contributed by atoms with Gasteiger partial charge in [0.25, 0.3) is 0 Å². The molecule has 2 aromatic rings. The lowest BCUT2D eigenvalue weighted by Crippen LogP contribution is -2.26. The van der Waals surface area contributed by atoms with Crippen LogP contribution in [-0.4, -0.2) is 31.7 Å². The molecule has 86 valence electrons. The van der Waals surface area contributed by atoms with Crippen molar-refractivity contribution in [1.29, 1.82) is 0 Å². The fourth-order valence-electron chi connectivity index (χ4n) is 1.90. The Morgan fingerprint density at radius 3 is 2.88 bits per heavy atom. The van der Waals surface area contributed by atoms with Crippen LogP contribution in [0.15, 0.2) is 30.5 Å². The summed E-state index contributed by atoms with van der Waals surface area (Å²) < 4.78 is 0. The highest BCUT2D eigenvalue weighted by atomic mass is 14.9. The standard InChI is InChI=1S/C13H19N3/c1-14-8-9-15-7-6-11-10-16-13-5-3-2-4-12(11)13/h2-5,10,14-16H,6-9H2,1H3. The van der Waals surface area contributed by atoms with E-state index in [0.717, 1.165) is 26.1 Å². The van der Waals surface area contributed by atoms with Crippen LogP contribution in [0.1, 0.15) is 5.56 Å². The van der Waals surface area contributed by atoms with Crippen LogP contribution in [0.3, 0.4) is 0 Å². The molecule has 0 atom stereocenters. The van der Waals surface area contributed by atoms with Crippen molar-refractivity contribution in [2.24, 2.45) is 0 Å². The Morgan fingerprint density at radius 2 is 2.00 bits per heavy atom. The summed E-state index contributed by atoms with van der Waals surface area (Å²) in [6.07, 6.45) is 3.19. The molecule has 0 amide bonds. The van der Waals surface area contributed by atoms with E-state index in [0.29, 0.717) is 0 Å². The molecule has 0 saturated heterocycles. The minimum atomic E-state index is 1.02. The lowest BCUT2D eigenvalue weighted by atomic mass is 10.1. The maximum absolute atomic E-state index is 3.41. The molecular formula is C13H19N3. The molecule has 0 aliphatic heterocycles. The first kappa shape index (κ1) is 11.2. The predicted molar refractivity (Wildman–Crippen MR) is 68.8 cm³/mol. The normalized spacial score (nSPS) is 11.1. The third-order valence-corrected chi connectivity index (χ3v) is 2.80. The Bertz CT molecular complexity index is 433. The first-order valence-corrected chi connectivity index (χ1v) is 5.82. The number of aromatic amines is 1. The number of likely N-dealkylation sites (N-methyl/N-ethyl adjacent to an activating group) is 1. The molecule has 2 rings (SSSR count). The van der Waals surface area contributed by atoms with E-state index in [2.05, 4.69) is 46.1 Å². The summed E-state index contributed by atoms with van der Waals surface area (Å²) in [6, 6.07) is 8.45. The van der Waals surface area contributed by atoms with Gasteiger partial charge in [0.05, 0.1) is 0 Å². The number of nitrogens with one attached hydrogen (secondary N) is 3. The van der Waals surface area contributed by atoms with Crippen LogP contribution in [0, 0.1) is 0 Å². The second-order valence-corrected chi connectivity index (χ2v) is 3.96. The van der Waals surface area contributed by atoms with Gasteiger partial charge in [0.2, 0.25) is 0 Å². The summed E-state index contributed by atoms with van der Waals surface area (Å²) in [5.74, 6) is 0. The SMILES string of the molecule is CNCCNCCc1c[nH]c2ccccc12. The summed E-state index contributed by atoms with van der Waals surface area (Å²) >= 11 is 0. The lowest BCUT2D eigenvalue weighted by molar-refractivity contribution is 0.650. The Kier molecular flexibility index (Phi) is 3.97. The van der Waals surface area contributed by atoms with Crippen molar-refractivity contribution < 1.29 is 0 Å². The number of hydrogen-bond donors (Lipinski definition) is 3. The molecule has 0 unspecified atom stereocenters. The summed E-state index contributed by atoms with van der Waals surface area (Å²) in [5, 5.41) is 7.88. The fourth-order valence-corrected chi connectivity index (χ4v) is 1.90. The van der Waals surface area contributed by atoms with Gasteiger partial charge in [-0.3, -0.25) is 0 Å². The number of para-hydroxylation sites is 1. The van der Waals surface area contributed by atoms with Crippen LogP contribution in [0.5, 0.6) is 0 Å². The average Bonchev–Trinajstić information content (AvgIpc) is 2.73. The average molecular weight is 217 g/mol. The van der Waals surface area contributed by atoms with Crippen molar-refractivity contribution in [2.75, 3.05) is 26.7 Å². The molecule has 3 nitrogen and oxygen atoms in total. The number of fused-ring (bicyclic) bond motifs is 1. The van der Waals surface area contributed by atoms with E-state index < -0.39 is 0 Å². The number of H-pyrrole nitrogens is 1. The topological polar surface area (TPSA) is 39.8 Å². The summed E-state index contributed by atoms with van der Waals surface area (Å²) in [7, 11) is 1.97. The maximum atomic E-state index is 3.41.